The van der Waals surface area contributed by atoms with E-state index in [1.165, 1.54) is 0 Å². The van der Waals surface area contributed by atoms with Gasteiger partial charge in [0.2, 0.25) is 0 Å². The first-order valence-electron chi connectivity index (χ1n) is 9.02. The maximum absolute atomic E-state index is 12.8. The van der Waals surface area contributed by atoms with Crippen molar-refractivity contribution in [2.75, 3.05) is 0 Å². The number of aromatic nitrogens is 3. The number of nitrogens with zero attached hydrogens (tertiary/aromatic N) is 3. The van der Waals surface area contributed by atoms with Crippen LogP contribution in [0.2, 0.25) is 0 Å². The molecule has 7 heteroatoms. The highest BCUT2D eigenvalue weighted by atomic mass is 32.1. The minimum Gasteiger partial charge on any atom is -0.388 e. The van der Waals surface area contributed by atoms with Gasteiger partial charge in [-0.2, -0.15) is 0 Å². The largest absolute Gasteiger partial charge is 0.388 e. The average molecular weight is 382 g/mol. The van der Waals surface area contributed by atoms with Gasteiger partial charge in [-0.1, -0.05) is 30.3 Å². The Kier molecular flexibility index (Phi) is 4.80. The third-order valence-electron chi connectivity index (χ3n) is 5.26. The molecule has 0 atom stereocenters. The van der Waals surface area contributed by atoms with E-state index in [0.717, 1.165) is 40.2 Å². The average Bonchev–Trinajstić information content (AvgIpc) is 3.21. The number of thiophene rings is 1. The van der Waals surface area contributed by atoms with E-state index >= 15 is 0 Å². The number of aliphatic hydroxyl groups is 1. The van der Waals surface area contributed by atoms with Crippen molar-refractivity contribution in [1.82, 2.24) is 20.1 Å². The molecule has 4 rings (SSSR count). The number of amides is 1. The second kappa shape index (κ2) is 7.25. The Morgan fingerprint density at radius 3 is 2.70 bits per heavy atom. The van der Waals surface area contributed by atoms with Gasteiger partial charge in [-0.3, -0.25) is 4.79 Å². The normalized spacial score (nSPS) is 18.9. The molecular weight excluding hydrogens is 360 g/mol. The molecule has 1 aromatic carbocycles. The first-order chi connectivity index (χ1) is 13.1. The first kappa shape index (κ1) is 17.9. The van der Waals surface area contributed by atoms with Crippen molar-refractivity contribution >= 4 is 17.2 Å². The molecule has 1 amide bonds. The lowest BCUT2D eigenvalue weighted by Gasteiger charge is -2.35. The number of carbonyl (C=O) groups is 1. The molecule has 6 nitrogen and oxygen atoms in total. The Bertz CT molecular complexity index is 958. The van der Waals surface area contributed by atoms with Gasteiger partial charge >= 0.3 is 0 Å². The monoisotopic (exact) mass is 382 g/mol. The summed E-state index contributed by atoms with van der Waals surface area (Å²) in [6.45, 7) is 1.94. The summed E-state index contributed by atoms with van der Waals surface area (Å²) in [5, 5.41) is 22.5. The van der Waals surface area contributed by atoms with E-state index in [2.05, 4.69) is 22.4 Å². The van der Waals surface area contributed by atoms with Crippen LogP contribution in [-0.2, 0) is 13.7 Å². The van der Waals surface area contributed by atoms with E-state index in [-0.39, 0.29) is 24.5 Å². The van der Waals surface area contributed by atoms with Crippen LogP contribution < -0.4 is 5.32 Å². The maximum atomic E-state index is 12.8. The number of carbonyl (C=O) groups excluding carboxylic acids is 1. The van der Waals surface area contributed by atoms with Gasteiger partial charge in [0, 0.05) is 34.8 Å². The third kappa shape index (κ3) is 3.28. The summed E-state index contributed by atoms with van der Waals surface area (Å²) < 4.78 is 1.85. The van der Waals surface area contributed by atoms with Crippen molar-refractivity contribution in [3.05, 3.63) is 57.8 Å². The third-order valence-corrected chi connectivity index (χ3v) is 6.17. The summed E-state index contributed by atoms with van der Waals surface area (Å²) in [6, 6.07) is 10.2. The summed E-state index contributed by atoms with van der Waals surface area (Å²) in [5.41, 5.74) is 2.84. The fourth-order valence-electron chi connectivity index (χ4n) is 3.66. The van der Waals surface area contributed by atoms with E-state index < -0.39 is 0 Å². The number of aliphatic hydroxyl groups excluding tert-OH is 1. The number of aryl methyl sites for hydroxylation is 1. The fourth-order valence-corrected chi connectivity index (χ4v) is 4.53. The van der Waals surface area contributed by atoms with Crippen LogP contribution >= 0.6 is 11.3 Å². The molecule has 0 saturated heterocycles. The Hall–Kier alpha value is -2.51. The molecule has 1 aliphatic rings. The van der Waals surface area contributed by atoms with Gasteiger partial charge in [-0.25, -0.2) is 0 Å². The van der Waals surface area contributed by atoms with Crippen molar-refractivity contribution in [2.24, 2.45) is 7.05 Å². The maximum Gasteiger partial charge on any atom is 0.252 e. The highest BCUT2D eigenvalue weighted by molar-refractivity contribution is 7.10. The Morgan fingerprint density at radius 1 is 1.30 bits per heavy atom. The molecule has 1 aliphatic carbocycles. The van der Waals surface area contributed by atoms with Crippen LogP contribution in [0, 0.1) is 6.92 Å². The molecule has 0 spiro atoms. The van der Waals surface area contributed by atoms with Crippen molar-refractivity contribution < 1.29 is 9.90 Å². The lowest BCUT2D eigenvalue weighted by Crippen LogP contribution is -2.44. The lowest BCUT2D eigenvalue weighted by atomic mass is 9.79. The molecule has 2 N–H and O–H groups in total. The zero-order chi connectivity index (χ0) is 19.0. The van der Waals surface area contributed by atoms with Gasteiger partial charge in [0.05, 0.1) is 5.56 Å². The fraction of sp³-hybridized carbons (Fsp3) is 0.350. The molecule has 0 aliphatic heterocycles. The van der Waals surface area contributed by atoms with Crippen LogP contribution in [0.15, 0.2) is 35.7 Å². The van der Waals surface area contributed by atoms with Crippen LogP contribution in [0.5, 0.6) is 0 Å². The van der Waals surface area contributed by atoms with Gasteiger partial charge in [-0.05, 0) is 25.3 Å². The SMILES string of the molecule is Cc1scc(C(=O)NC2CC(c3nnc(CO)n3C)C2)c1-c1ccccc1. The van der Waals surface area contributed by atoms with Gasteiger partial charge in [0.25, 0.3) is 5.91 Å². The van der Waals surface area contributed by atoms with Gasteiger partial charge in [0.15, 0.2) is 5.82 Å². The van der Waals surface area contributed by atoms with Gasteiger partial charge in [-0.15, -0.1) is 21.5 Å². The lowest BCUT2D eigenvalue weighted by molar-refractivity contribution is 0.0908. The molecule has 0 unspecified atom stereocenters. The molecular formula is C20H22N4O2S. The number of nitrogens with one attached hydrogen (secondary N) is 1. The molecule has 27 heavy (non-hydrogen) atoms. The summed E-state index contributed by atoms with van der Waals surface area (Å²) in [6.07, 6.45) is 1.68. The molecule has 140 valence electrons. The summed E-state index contributed by atoms with van der Waals surface area (Å²) in [5.74, 6) is 1.70. The van der Waals surface area contributed by atoms with E-state index in [1.54, 1.807) is 11.3 Å². The number of hydrogen-bond acceptors (Lipinski definition) is 5. The van der Waals surface area contributed by atoms with E-state index in [4.69, 9.17) is 0 Å². The van der Waals surface area contributed by atoms with Crippen LogP contribution in [0.3, 0.4) is 0 Å². The molecule has 1 fully saturated rings. The molecule has 0 radical (unpaired) electrons. The minimum atomic E-state index is -0.115. The number of benzene rings is 1. The smallest absolute Gasteiger partial charge is 0.252 e. The van der Waals surface area contributed by atoms with E-state index in [1.807, 2.05) is 47.3 Å². The second-order valence-corrected chi connectivity index (χ2v) is 8.06. The summed E-state index contributed by atoms with van der Waals surface area (Å²) in [7, 11) is 1.87. The first-order valence-corrected chi connectivity index (χ1v) is 9.89. The quantitative estimate of drug-likeness (QED) is 0.711. The molecule has 2 aromatic heterocycles. The predicted molar refractivity (Wildman–Crippen MR) is 105 cm³/mol. The molecule has 1 saturated carbocycles. The van der Waals surface area contributed by atoms with Gasteiger partial charge in [0.1, 0.15) is 12.4 Å². The van der Waals surface area contributed by atoms with Crippen molar-refractivity contribution in [3.63, 3.8) is 0 Å². The zero-order valence-corrected chi connectivity index (χ0v) is 16.2. The minimum absolute atomic E-state index is 0.0179. The summed E-state index contributed by atoms with van der Waals surface area (Å²) in [4.78, 5) is 14.0. The second-order valence-electron chi connectivity index (χ2n) is 6.98. The molecule has 3 aromatic rings. The Morgan fingerprint density at radius 2 is 2.04 bits per heavy atom. The Labute approximate surface area is 161 Å². The number of hydrogen-bond donors (Lipinski definition) is 2. The topological polar surface area (TPSA) is 80.0 Å². The highest BCUT2D eigenvalue weighted by Crippen LogP contribution is 2.37. The van der Waals surface area contributed by atoms with Crippen LogP contribution in [0.1, 0.15) is 45.6 Å². The standard InChI is InChI=1S/C20H22N4O2S/c1-12-18(13-6-4-3-5-7-13)16(11-27-12)20(26)21-15-8-14(9-15)19-23-22-17(10-25)24(19)2/h3-7,11,14-15,25H,8-10H2,1-2H3,(H,21,26). The van der Waals surface area contributed by atoms with Crippen LogP contribution in [0.4, 0.5) is 0 Å². The van der Waals surface area contributed by atoms with Crippen LogP contribution in [-0.4, -0.2) is 31.8 Å². The van der Waals surface area contributed by atoms with Crippen molar-refractivity contribution in [2.45, 2.75) is 38.3 Å². The van der Waals surface area contributed by atoms with Crippen molar-refractivity contribution in [1.29, 1.82) is 0 Å². The summed E-state index contributed by atoms with van der Waals surface area (Å²) >= 11 is 1.61. The number of rotatable bonds is 5. The van der Waals surface area contributed by atoms with Crippen LogP contribution in [0.25, 0.3) is 11.1 Å². The van der Waals surface area contributed by atoms with Gasteiger partial charge < -0.3 is 15.0 Å². The van der Waals surface area contributed by atoms with E-state index in [0.29, 0.717) is 5.82 Å². The zero-order valence-electron chi connectivity index (χ0n) is 15.3. The molecule has 2 heterocycles. The van der Waals surface area contributed by atoms with E-state index in [9.17, 15) is 9.90 Å². The highest BCUT2D eigenvalue weighted by Gasteiger charge is 2.35. The molecule has 0 bridgehead atoms. The van der Waals surface area contributed by atoms with Crippen molar-refractivity contribution in [3.8, 4) is 11.1 Å². The predicted octanol–water partition coefficient (Wildman–Crippen LogP) is 3.02. The Balaban J connectivity index is 1.44.